The van der Waals surface area contributed by atoms with Crippen molar-refractivity contribution in [3.05, 3.63) is 48.0 Å². The van der Waals surface area contributed by atoms with Crippen LogP contribution >= 0.6 is 0 Å². The first-order valence-electron chi connectivity index (χ1n) is 9.19. The van der Waals surface area contributed by atoms with Gasteiger partial charge in [-0.25, -0.2) is 0 Å². The van der Waals surface area contributed by atoms with E-state index in [4.69, 9.17) is 14.2 Å². The van der Waals surface area contributed by atoms with E-state index in [0.29, 0.717) is 23.7 Å². The quantitative estimate of drug-likeness (QED) is 0.860. The highest BCUT2D eigenvalue weighted by molar-refractivity contribution is 6.00. The van der Waals surface area contributed by atoms with Gasteiger partial charge in [-0.15, -0.1) is 0 Å². The highest BCUT2D eigenvalue weighted by atomic mass is 16.7. The molecule has 2 unspecified atom stereocenters. The van der Waals surface area contributed by atoms with Crippen molar-refractivity contribution >= 4 is 17.5 Å². The Morgan fingerprint density at radius 2 is 1.93 bits per heavy atom. The van der Waals surface area contributed by atoms with Crippen molar-refractivity contribution in [3.8, 4) is 17.2 Å². The van der Waals surface area contributed by atoms with Gasteiger partial charge < -0.3 is 24.4 Å². The van der Waals surface area contributed by atoms with E-state index in [9.17, 15) is 9.59 Å². The fourth-order valence-electron chi connectivity index (χ4n) is 3.49. The number of nitrogens with zero attached hydrogens (tertiary/aromatic N) is 1. The van der Waals surface area contributed by atoms with Gasteiger partial charge in [0.2, 0.25) is 18.6 Å². The van der Waals surface area contributed by atoms with Crippen LogP contribution in [0, 0.1) is 5.92 Å². The van der Waals surface area contributed by atoms with Crippen molar-refractivity contribution in [2.75, 3.05) is 25.3 Å². The van der Waals surface area contributed by atoms with Gasteiger partial charge >= 0.3 is 0 Å². The standard InChI is InChI=1S/C21H22N2O5/c1-13(14-3-6-17(26-2)7-4-14)22-21(25)15-9-20(24)23(11-15)16-5-8-18-19(10-16)28-12-27-18/h3-8,10,13,15H,9,11-12H2,1-2H3,(H,22,25). The average molecular weight is 382 g/mol. The highest BCUT2D eigenvalue weighted by Gasteiger charge is 2.36. The van der Waals surface area contributed by atoms with E-state index in [-0.39, 0.29) is 31.1 Å². The van der Waals surface area contributed by atoms with Crippen LogP contribution in [0.15, 0.2) is 42.5 Å². The Hall–Kier alpha value is -3.22. The average Bonchev–Trinajstić information content (AvgIpc) is 3.33. The highest BCUT2D eigenvalue weighted by Crippen LogP contribution is 2.37. The fourth-order valence-corrected chi connectivity index (χ4v) is 3.49. The number of benzene rings is 2. The minimum atomic E-state index is -0.390. The van der Waals surface area contributed by atoms with E-state index in [1.165, 1.54) is 0 Å². The van der Waals surface area contributed by atoms with Gasteiger partial charge in [-0.3, -0.25) is 9.59 Å². The molecule has 0 bridgehead atoms. The van der Waals surface area contributed by atoms with Crippen LogP contribution in [0.3, 0.4) is 0 Å². The summed E-state index contributed by atoms with van der Waals surface area (Å²) in [6, 6.07) is 12.8. The molecule has 146 valence electrons. The Morgan fingerprint density at radius 3 is 2.68 bits per heavy atom. The Balaban J connectivity index is 1.41. The lowest BCUT2D eigenvalue weighted by molar-refractivity contribution is -0.126. The Kier molecular flexibility index (Phi) is 4.81. The molecule has 0 saturated carbocycles. The maximum absolute atomic E-state index is 12.7. The Bertz CT molecular complexity index is 896. The molecule has 2 aromatic rings. The normalized spacial score (nSPS) is 18.9. The van der Waals surface area contributed by atoms with Crippen LogP contribution in [0.5, 0.6) is 17.2 Å². The van der Waals surface area contributed by atoms with E-state index < -0.39 is 5.92 Å². The van der Waals surface area contributed by atoms with Gasteiger partial charge in [0.05, 0.1) is 19.1 Å². The minimum Gasteiger partial charge on any atom is -0.497 e. The summed E-state index contributed by atoms with van der Waals surface area (Å²) in [4.78, 5) is 26.8. The van der Waals surface area contributed by atoms with E-state index in [1.807, 2.05) is 37.3 Å². The molecule has 1 fully saturated rings. The first-order valence-corrected chi connectivity index (χ1v) is 9.19. The van der Waals surface area contributed by atoms with E-state index in [1.54, 1.807) is 24.1 Å². The summed E-state index contributed by atoms with van der Waals surface area (Å²) < 4.78 is 15.8. The van der Waals surface area contributed by atoms with Crippen LogP contribution in [0.4, 0.5) is 5.69 Å². The van der Waals surface area contributed by atoms with Crippen molar-refractivity contribution < 1.29 is 23.8 Å². The maximum atomic E-state index is 12.7. The molecule has 7 nitrogen and oxygen atoms in total. The van der Waals surface area contributed by atoms with Gasteiger partial charge in [0.1, 0.15) is 5.75 Å². The summed E-state index contributed by atoms with van der Waals surface area (Å²) in [6.45, 7) is 2.45. The molecule has 7 heteroatoms. The van der Waals surface area contributed by atoms with Gasteiger partial charge in [0.15, 0.2) is 11.5 Å². The van der Waals surface area contributed by atoms with E-state index >= 15 is 0 Å². The number of carbonyl (C=O) groups excluding carboxylic acids is 2. The van der Waals surface area contributed by atoms with E-state index in [0.717, 1.165) is 11.3 Å². The van der Waals surface area contributed by atoms with Crippen LogP contribution in [0.2, 0.25) is 0 Å². The zero-order chi connectivity index (χ0) is 19.7. The molecule has 0 radical (unpaired) electrons. The number of fused-ring (bicyclic) bond motifs is 1. The number of rotatable bonds is 5. The second kappa shape index (κ2) is 7.42. The van der Waals surface area contributed by atoms with Gasteiger partial charge in [-0.05, 0) is 36.8 Å². The number of hydrogen-bond acceptors (Lipinski definition) is 5. The van der Waals surface area contributed by atoms with Gasteiger partial charge in [-0.2, -0.15) is 0 Å². The molecule has 0 aromatic heterocycles. The minimum absolute atomic E-state index is 0.0730. The van der Waals surface area contributed by atoms with Gasteiger partial charge in [0, 0.05) is 24.7 Å². The van der Waals surface area contributed by atoms with Crippen molar-refractivity contribution in [3.63, 3.8) is 0 Å². The smallest absolute Gasteiger partial charge is 0.231 e. The lowest BCUT2D eigenvalue weighted by atomic mass is 10.0. The molecule has 2 aliphatic heterocycles. The molecule has 0 spiro atoms. The molecule has 1 saturated heterocycles. The zero-order valence-electron chi connectivity index (χ0n) is 15.8. The SMILES string of the molecule is COc1ccc(C(C)NC(=O)C2CC(=O)N(c3ccc4c(c3)OCO4)C2)cc1. The molecule has 28 heavy (non-hydrogen) atoms. The van der Waals surface area contributed by atoms with Gasteiger partial charge in [0.25, 0.3) is 0 Å². The molecule has 2 aromatic carbocycles. The molecular formula is C21H22N2O5. The molecule has 1 N–H and O–H groups in total. The van der Waals surface area contributed by atoms with Crippen LogP contribution in [0.25, 0.3) is 0 Å². The van der Waals surface area contributed by atoms with Crippen molar-refractivity contribution in [2.24, 2.45) is 5.92 Å². The topological polar surface area (TPSA) is 77.1 Å². The first-order chi connectivity index (χ1) is 13.5. The number of methoxy groups -OCH3 is 1. The zero-order valence-corrected chi connectivity index (χ0v) is 15.8. The first kappa shape index (κ1) is 18.2. The summed E-state index contributed by atoms with van der Waals surface area (Å²) in [5, 5.41) is 3.01. The predicted molar refractivity (Wildman–Crippen MR) is 103 cm³/mol. The third-order valence-corrected chi connectivity index (χ3v) is 5.14. The number of ether oxygens (including phenoxy) is 3. The van der Waals surface area contributed by atoms with Crippen LogP contribution in [-0.2, 0) is 9.59 Å². The molecule has 2 heterocycles. The maximum Gasteiger partial charge on any atom is 0.231 e. The number of amides is 2. The lowest BCUT2D eigenvalue weighted by Crippen LogP contribution is -2.34. The molecule has 2 atom stereocenters. The molecule has 4 rings (SSSR count). The molecule has 2 aliphatic rings. The largest absolute Gasteiger partial charge is 0.497 e. The summed E-state index contributed by atoms with van der Waals surface area (Å²) >= 11 is 0. The Labute approximate surface area is 163 Å². The number of hydrogen-bond donors (Lipinski definition) is 1. The molecule has 2 amide bonds. The van der Waals surface area contributed by atoms with Crippen molar-refractivity contribution in [1.82, 2.24) is 5.32 Å². The second-order valence-corrected chi connectivity index (χ2v) is 6.95. The summed E-state index contributed by atoms with van der Waals surface area (Å²) in [5.41, 5.74) is 1.69. The summed E-state index contributed by atoms with van der Waals surface area (Å²) in [6.07, 6.45) is 0.190. The summed E-state index contributed by atoms with van der Waals surface area (Å²) in [5.74, 6) is 1.46. The summed E-state index contributed by atoms with van der Waals surface area (Å²) in [7, 11) is 1.61. The van der Waals surface area contributed by atoms with E-state index in [2.05, 4.69) is 5.32 Å². The Morgan fingerprint density at radius 1 is 1.18 bits per heavy atom. The van der Waals surface area contributed by atoms with Crippen molar-refractivity contribution in [1.29, 1.82) is 0 Å². The van der Waals surface area contributed by atoms with Gasteiger partial charge in [-0.1, -0.05) is 12.1 Å². The van der Waals surface area contributed by atoms with Crippen LogP contribution < -0.4 is 24.4 Å². The van der Waals surface area contributed by atoms with Crippen LogP contribution in [-0.4, -0.2) is 32.3 Å². The second-order valence-electron chi connectivity index (χ2n) is 6.95. The molecular weight excluding hydrogens is 360 g/mol. The third-order valence-electron chi connectivity index (χ3n) is 5.14. The monoisotopic (exact) mass is 382 g/mol. The number of nitrogens with one attached hydrogen (secondary N) is 1. The number of anilines is 1. The van der Waals surface area contributed by atoms with Crippen LogP contribution in [0.1, 0.15) is 24.9 Å². The lowest BCUT2D eigenvalue weighted by Gasteiger charge is -2.19. The van der Waals surface area contributed by atoms with Crippen molar-refractivity contribution in [2.45, 2.75) is 19.4 Å². The molecule has 0 aliphatic carbocycles. The number of carbonyl (C=O) groups is 2. The third kappa shape index (κ3) is 3.47. The predicted octanol–water partition coefficient (Wildman–Crippen LogP) is 2.65. The fraction of sp³-hybridized carbons (Fsp3) is 0.333.